The molecule has 3 rings (SSSR count). The number of amides is 2. The highest BCUT2D eigenvalue weighted by atomic mass is 35.5. The van der Waals surface area contributed by atoms with Gasteiger partial charge in [-0.25, -0.2) is 4.98 Å². The molecule has 0 fully saturated rings. The number of anilines is 1. The van der Waals surface area contributed by atoms with E-state index < -0.39 is 5.91 Å². The predicted octanol–water partition coefficient (Wildman–Crippen LogP) is 2.90. The van der Waals surface area contributed by atoms with Crippen molar-refractivity contribution in [2.24, 2.45) is 0 Å². The van der Waals surface area contributed by atoms with Gasteiger partial charge < -0.3 is 19.6 Å². The Balaban J connectivity index is 1.56. The quantitative estimate of drug-likeness (QED) is 0.671. The molecule has 140 valence electrons. The second kappa shape index (κ2) is 8.05. The second-order valence-electron chi connectivity index (χ2n) is 5.83. The van der Waals surface area contributed by atoms with E-state index in [0.29, 0.717) is 39.5 Å². The summed E-state index contributed by atoms with van der Waals surface area (Å²) in [6, 6.07) is 8.73. The summed E-state index contributed by atoms with van der Waals surface area (Å²) >= 11 is 6.14. The van der Waals surface area contributed by atoms with E-state index in [1.54, 1.807) is 38.1 Å². The number of oxazole rings is 1. The number of nitrogens with zero attached hydrogens (tertiary/aromatic N) is 2. The highest BCUT2D eigenvalue weighted by molar-refractivity contribution is 6.33. The molecule has 1 aromatic carbocycles. The monoisotopic (exact) mass is 388 g/mol. The first-order valence-electron chi connectivity index (χ1n) is 8.13. The van der Waals surface area contributed by atoms with Crippen LogP contribution in [-0.4, -0.2) is 28.5 Å². The summed E-state index contributed by atoms with van der Waals surface area (Å²) in [5, 5.41) is 9.20. The van der Waals surface area contributed by atoms with E-state index in [0.717, 1.165) is 0 Å². The zero-order valence-electron chi connectivity index (χ0n) is 14.7. The lowest BCUT2D eigenvalue weighted by Gasteiger charge is -2.04. The molecule has 2 amide bonds. The van der Waals surface area contributed by atoms with Gasteiger partial charge in [0, 0.05) is 6.07 Å². The third-order valence-electron chi connectivity index (χ3n) is 3.67. The smallest absolute Gasteiger partial charge is 0.245 e. The molecule has 0 aliphatic rings. The van der Waals surface area contributed by atoms with Crippen LogP contribution in [0.5, 0.6) is 0 Å². The van der Waals surface area contributed by atoms with Crippen LogP contribution in [0.15, 0.2) is 39.3 Å². The Morgan fingerprint density at radius 1 is 1.19 bits per heavy atom. The number of carbonyl (C=O) groups is 2. The van der Waals surface area contributed by atoms with Crippen molar-refractivity contribution >= 4 is 29.2 Å². The molecular weight excluding hydrogens is 372 g/mol. The molecule has 0 aliphatic carbocycles. The van der Waals surface area contributed by atoms with E-state index in [1.807, 2.05) is 6.07 Å². The molecule has 0 radical (unpaired) electrons. The summed E-state index contributed by atoms with van der Waals surface area (Å²) in [7, 11) is 0. The van der Waals surface area contributed by atoms with Gasteiger partial charge in [0.25, 0.3) is 0 Å². The van der Waals surface area contributed by atoms with Gasteiger partial charge in [-0.2, -0.15) is 0 Å². The summed E-state index contributed by atoms with van der Waals surface area (Å²) < 4.78 is 10.5. The normalized spacial score (nSPS) is 10.6. The van der Waals surface area contributed by atoms with Crippen molar-refractivity contribution in [1.29, 1.82) is 0 Å². The number of halogens is 1. The zero-order valence-corrected chi connectivity index (χ0v) is 15.5. The summed E-state index contributed by atoms with van der Waals surface area (Å²) in [6.45, 7) is 3.23. The SMILES string of the molecule is Cc1cc(NC(=O)CNC(=O)Cc2nc(-c3ccccc3Cl)oc2C)no1. The number of rotatable bonds is 6. The van der Waals surface area contributed by atoms with E-state index in [4.69, 9.17) is 20.5 Å². The van der Waals surface area contributed by atoms with Crippen LogP contribution in [0.1, 0.15) is 17.2 Å². The van der Waals surface area contributed by atoms with Crippen LogP contribution in [0.2, 0.25) is 5.02 Å². The van der Waals surface area contributed by atoms with Gasteiger partial charge in [-0.1, -0.05) is 28.9 Å². The lowest BCUT2D eigenvalue weighted by atomic mass is 10.2. The number of hydrogen-bond acceptors (Lipinski definition) is 6. The predicted molar refractivity (Wildman–Crippen MR) is 98.3 cm³/mol. The minimum Gasteiger partial charge on any atom is -0.441 e. The average molecular weight is 389 g/mol. The maximum absolute atomic E-state index is 12.1. The van der Waals surface area contributed by atoms with Crippen LogP contribution in [-0.2, 0) is 16.0 Å². The molecule has 9 heteroatoms. The van der Waals surface area contributed by atoms with Crippen LogP contribution < -0.4 is 10.6 Å². The fourth-order valence-electron chi connectivity index (χ4n) is 2.35. The van der Waals surface area contributed by atoms with Gasteiger partial charge in [-0.05, 0) is 26.0 Å². The molecule has 3 aromatic rings. The lowest BCUT2D eigenvalue weighted by molar-refractivity contribution is -0.123. The number of benzene rings is 1. The van der Waals surface area contributed by atoms with E-state index in [-0.39, 0.29) is 18.9 Å². The van der Waals surface area contributed by atoms with Crippen LogP contribution >= 0.6 is 11.6 Å². The van der Waals surface area contributed by atoms with E-state index >= 15 is 0 Å². The van der Waals surface area contributed by atoms with Crippen molar-refractivity contribution in [1.82, 2.24) is 15.5 Å². The van der Waals surface area contributed by atoms with Crippen molar-refractivity contribution in [2.75, 3.05) is 11.9 Å². The van der Waals surface area contributed by atoms with Crippen molar-refractivity contribution in [3.63, 3.8) is 0 Å². The van der Waals surface area contributed by atoms with Gasteiger partial charge in [0.2, 0.25) is 17.7 Å². The van der Waals surface area contributed by atoms with E-state index in [2.05, 4.69) is 20.8 Å². The summed E-state index contributed by atoms with van der Waals surface area (Å²) in [5.74, 6) is 0.963. The molecule has 2 heterocycles. The molecule has 2 N–H and O–H groups in total. The van der Waals surface area contributed by atoms with Crippen LogP contribution in [0.25, 0.3) is 11.5 Å². The Hall–Kier alpha value is -3.13. The number of aromatic nitrogens is 2. The fraction of sp³-hybridized carbons (Fsp3) is 0.222. The Morgan fingerprint density at radius 3 is 2.67 bits per heavy atom. The maximum atomic E-state index is 12.1. The van der Waals surface area contributed by atoms with Crippen molar-refractivity contribution < 1.29 is 18.5 Å². The summed E-state index contributed by atoms with van der Waals surface area (Å²) in [5.41, 5.74) is 1.13. The highest BCUT2D eigenvalue weighted by Crippen LogP contribution is 2.28. The van der Waals surface area contributed by atoms with Crippen LogP contribution in [0, 0.1) is 13.8 Å². The molecule has 0 saturated carbocycles. The third kappa shape index (κ3) is 4.73. The molecule has 0 unspecified atom stereocenters. The molecule has 8 nitrogen and oxygen atoms in total. The Morgan fingerprint density at radius 2 is 1.96 bits per heavy atom. The van der Waals surface area contributed by atoms with Crippen molar-refractivity contribution in [2.45, 2.75) is 20.3 Å². The molecule has 0 aliphatic heterocycles. The van der Waals surface area contributed by atoms with Gasteiger partial charge in [-0.15, -0.1) is 0 Å². The second-order valence-corrected chi connectivity index (χ2v) is 6.23. The number of nitrogens with one attached hydrogen (secondary N) is 2. The van der Waals surface area contributed by atoms with Gasteiger partial charge in [0.05, 0.1) is 29.2 Å². The zero-order chi connectivity index (χ0) is 19.4. The van der Waals surface area contributed by atoms with Gasteiger partial charge in [0.15, 0.2) is 5.82 Å². The number of aryl methyl sites for hydroxylation is 2. The van der Waals surface area contributed by atoms with Crippen LogP contribution in [0.4, 0.5) is 5.82 Å². The highest BCUT2D eigenvalue weighted by Gasteiger charge is 2.17. The van der Waals surface area contributed by atoms with Gasteiger partial charge in [0.1, 0.15) is 11.5 Å². The Bertz CT molecular complexity index is 979. The third-order valence-corrected chi connectivity index (χ3v) is 4.00. The van der Waals surface area contributed by atoms with E-state index in [9.17, 15) is 9.59 Å². The first-order valence-corrected chi connectivity index (χ1v) is 8.51. The fourth-order valence-corrected chi connectivity index (χ4v) is 2.56. The largest absolute Gasteiger partial charge is 0.441 e. The Kier molecular flexibility index (Phi) is 5.56. The standard InChI is InChI=1S/C18H17ClN4O4/c1-10-7-15(23-27-10)22-17(25)9-20-16(24)8-14-11(2)26-18(21-14)12-5-3-4-6-13(12)19/h3-7H,8-9H2,1-2H3,(H,20,24)(H,22,23,25). The molecule has 0 saturated heterocycles. The average Bonchev–Trinajstić information content (AvgIpc) is 3.19. The first kappa shape index (κ1) is 18.7. The van der Waals surface area contributed by atoms with Crippen LogP contribution in [0.3, 0.4) is 0 Å². The molecule has 27 heavy (non-hydrogen) atoms. The minimum atomic E-state index is -0.412. The lowest BCUT2D eigenvalue weighted by Crippen LogP contribution is -2.34. The Labute approximate surface area is 159 Å². The molecule has 0 spiro atoms. The minimum absolute atomic E-state index is 0.0177. The molecule has 2 aromatic heterocycles. The summed E-state index contributed by atoms with van der Waals surface area (Å²) in [6.07, 6.45) is -0.0177. The summed E-state index contributed by atoms with van der Waals surface area (Å²) in [4.78, 5) is 28.3. The van der Waals surface area contributed by atoms with Gasteiger partial charge >= 0.3 is 0 Å². The van der Waals surface area contributed by atoms with Gasteiger partial charge in [-0.3, -0.25) is 9.59 Å². The van der Waals surface area contributed by atoms with Crippen molar-refractivity contribution in [3.8, 4) is 11.5 Å². The number of carbonyl (C=O) groups excluding carboxylic acids is 2. The molecular formula is C18H17ClN4O4. The topological polar surface area (TPSA) is 110 Å². The maximum Gasteiger partial charge on any atom is 0.245 e. The van der Waals surface area contributed by atoms with E-state index in [1.165, 1.54) is 0 Å². The molecule has 0 atom stereocenters. The van der Waals surface area contributed by atoms with Crippen molar-refractivity contribution in [3.05, 3.63) is 52.6 Å². The number of hydrogen-bond donors (Lipinski definition) is 2. The first-order chi connectivity index (χ1) is 12.9. The molecule has 0 bridgehead atoms.